The Hall–Kier alpha value is -0.840. The summed E-state index contributed by atoms with van der Waals surface area (Å²) in [6, 6.07) is 6.23. The fraction of sp³-hybridized carbons (Fsp3) is 0.500. The predicted octanol–water partition coefficient (Wildman–Crippen LogP) is 2.25. The molecular formula is C14H19Cl2N3O2S. The molecule has 0 unspecified atom stereocenters. The van der Waals surface area contributed by atoms with E-state index in [9.17, 15) is 8.42 Å². The highest BCUT2D eigenvalue weighted by Crippen LogP contribution is 2.28. The Kier molecular flexibility index (Phi) is 7.10. The lowest BCUT2D eigenvalue weighted by Gasteiger charge is -2.31. The minimum atomic E-state index is -3.58. The second-order valence-corrected chi connectivity index (χ2v) is 7.48. The van der Waals surface area contributed by atoms with Gasteiger partial charge in [-0.3, -0.25) is 0 Å². The van der Waals surface area contributed by atoms with Crippen molar-refractivity contribution in [3.63, 3.8) is 0 Å². The molecule has 1 aliphatic rings. The normalized spacial score (nSPS) is 16.8. The molecule has 1 aromatic carbocycles. The third-order valence-corrected chi connectivity index (χ3v) is 6.13. The number of nitriles is 1. The molecular weight excluding hydrogens is 345 g/mol. The number of nitrogens with zero attached hydrogens (tertiary/aromatic N) is 2. The van der Waals surface area contributed by atoms with E-state index in [-0.39, 0.29) is 22.3 Å². The van der Waals surface area contributed by atoms with Crippen LogP contribution >= 0.6 is 24.0 Å². The fourth-order valence-electron chi connectivity index (χ4n) is 2.56. The maximum Gasteiger partial charge on any atom is 0.244 e. The molecule has 8 heteroatoms. The minimum Gasteiger partial charge on any atom is -0.319 e. The summed E-state index contributed by atoms with van der Waals surface area (Å²) in [7, 11) is -1.68. The zero-order valence-corrected chi connectivity index (χ0v) is 14.6. The fourth-order valence-corrected chi connectivity index (χ4v) is 4.55. The standard InChI is InChI=1S/C14H18ClN3O2S.ClH/c1-17-10-11-4-6-18(7-5-11)21(19,20)14-3-2-12(9-16)8-13(14)15;/h2-3,8,11,17H,4-7,10H2,1H3;1H. The first kappa shape index (κ1) is 19.2. The second-order valence-electron chi connectivity index (χ2n) is 5.16. The van der Waals surface area contributed by atoms with Crippen molar-refractivity contribution >= 4 is 34.0 Å². The van der Waals surface area contributed by atoms with Crippen LogP contribution in [0.2, 0.25) is 5.02 Å². The van der Waals surface area contributed by atoms with Crippen molar-refractivity contribution in [1.82, 2.24) is 9.62 Å². The van der Waals surface area contributed by atoms with Gasteiger partial charge in [-0.2, -0.15) is 9.57 Å². The summed E-state index contributed by atoms with van der Waals surface area (Å²) in [6.45, 7) is 1.92. The van der Waals surface area contributed by atoms with Crippen LogP contribution in [-0.2, 0) is 10.0 Å². The third kappa shape index (κ3) is 4.12. The van der Waals surface area contributed by atoms with E-state index in [1.54, 1.807) is 0 Å². The molecule has 0 radical (unpaired) electrons. The number of hydrogen-bond donors (Lipinski definition) is 1. The average Bonchev–Trinajstić information content (AvgIpc) is 2.47. The molecule has 1 saturated heterocycles. The molecule has 1 aliphatic heterocycles. The Morgan fingerprint density at radius 1 is 1.41 bits per heavy atom. The summed E-state index contributed by atoms with van der Waals surface area (Å²) in [4.78, 5) is 0.0789. The number of piperidine rings is 1. The van der Waals surface area contributed by atoms with E-state index >= 15 is 0 Å². The third-order valence-electron chi connectivity index (χ3n) is 3.75. The molecule has 22 heavy (non-hydrogen) atoms. The van der Waals surface area contributed by atoms with Crippen LogP contribution in [0.15, 0.2) is 23.1 Å². The summed E-state index contributed by atoms with van der Waals surface area (Å²) in [5, 5.41) is 12.0. The number of halogens is 2. The molecule has 0 spiro atoms. The van der Waals surface area contributed by atoms with Crippen molar-refractivity contribution in [1.29, 1.82) is 5.26 Å². The Balaban J connectivity index is 0.00000242. The second kappa shape index (κ2) is 8.14. The molecule has 1 fully saturated rings. The summed E-state index contributed by atoms with van der Waals surface area (Å²) in [5.41, 5.74) is 0.353. The Morgan fingerprint density at radius 3 is 2.55 bits per heavy atom. The van der Waals surface area contributed by atoms with Crippen LogP contribution in [0.3, 0.4) is 0 Å². The highest BCUT2D eigenvalue weighted by molar-refractivity contribution is 7.89. The molecule has 1 N–H and O–H groups in total. The van der Waals surface area contributed by atoms with Gasteiger partial charge in [-0.1, -0.05) is 11.6 Å². The summed E-state index contributed by atoms with van der Waals surface area (Å²) >= 11 is 6.02. The predicted molar refractivity (Wildman–Crippen MR) is 88.8 cm³/mol. The van der Waals surface area contributed by atoms with E-state index in [4.69, 9.17) is 16.9 Å². The lowest BCUT2D eigenvalue weighted by Crippen LogP contribution is -2.40. The smallest absolute Gasteiger partial charge is 0.244 e. The van der Waals surface area contributed by atoms with Gasteiger partial charge in [0.2, 0.25) is 10.0 Å². The van der Waals surface area contributed by atoms with Gasteiger partial charge in [-0.15, -0.1) is 12.4 Å². The van der Waals surface area contributed by atoms with Gasteiger partial charge >= 0.3 is 0 Å². The zero-order chi connectivity index (χ0) is 15.5. The monoisotopic (exact) mass is 363 g/mol. The van der Waals surface area contributed by atoms with E-state index in [1.165, 1.54) is 22.5 Å². The Labute approximate surface area is 142 Å². The number of benzene rings is 1. The quantitative estimate of drug-likeness (QED) is 0.890. The average molecular weight is 364 g/mol. The molecule has 0 atom stereocenters. The van der Waals surface area contributed by atoms with Crippen molar-refractivity contribution in [3.8, 4) is 6.07 Å². The maximum atomic E-state index is 12.6. The largest absolute Gasteiger partial charge is 0.319 e. The van der Waals surface area contributed by atoms with Crippen LogP contribution in [0, 0.1) is 17.2 Å². The van der Waals surface area contributed by atoms with Crippen molar-refractivity contribution in [2.75, 3.05) is 26.7 Å². The number of rotatable bonds is 4. The molecule has 0 aromatic heterocycles. The van der Waals surface area contributed by atoms with Crippen LogP contribution in [-0.4, -0.2) is 39.4 Å². The number of sulfonamides is 1. The maximum absolute atomic E-state index is 12.6. The van der Waals surface area contributed by atoms with E-state index in [0.717, 1.165) is 19.4 Å². The van der Waals surface area contributed by atoms with Crippen LogP contribution in [0.5, 0.6) is 0 Å². The van der Waals surface area contributed by atoms with E-state index < -0.39 is 10.0 Å². The SMILES string of the molecule is CNCC1CCN(S(=O)(=O)c2ccc(C#N)cc2Cl)CC1.Cl. The van der Waals surface area contributed by atoms with Gasteiger partial charge in [0.1, 0.15) is 4.90 Å². The molecule has 1 heterocycles. The van der Waals surface area contributed by atoms with Gasteiger partial charge in [-0.05, 0) is 50.6 Å². The molecule has 0 aliphatic carbocycles. The molecule has 5 nitrogen and oxygen atoms in total. The van der Waals surface area contributed by atoms with Crippen LogP contribution in [0.25, 0.3) is 0 Å². The molecule has 2 rings (SSSR count). The van der Waals surface area contributed by atoms with Gasteiger partial charge in [-0.25, -0.2) is 8.42 Å². The first-order valence-electron chi connectivity index (χ1n) is 6.83. The summed E-state index contributed by atoms with van der Waals surface area (Å²) < 4.78 is 26.7. The lowest BCUT2D eigenvalue weighted by atomic mass is 9.98. The molecule has 1 aromatic rings. The first-order valence-corrected chi connectivity index (χ1v) is 8.65. The van der Waals surface area contributed by atoms with Crippen molar-refractivity contribution in [2.45, 2.75) is 17.7 Å². The first-order chi connectivity index (χ1) is 9.98. The van der Waals surface area contributed by atoms with Crippen molar-refractivity contribution in [3.05, 3.63) is 28.8 Å². The summed E-state index contributed by atoms with van der Waals surface area (Å²) in [5.74, 6) is 0.512. The van der Waals surface area contributed by atoms with Crippen LogP contribution < -0.4 is 5.32 Å². The summed E-state index contributed by atoms with van der Waals surface area (Å²) in [6.07, 6.45) is 1.68. The minimum absolute atomic E-state index is 0. The van der Waals surface area contributed by atoms with Gasteiger partial charge in [0.05, 0.1) is 16.7 Å². The van der Waals surface area contributed by atoms with Crippen molar-refractivity contribution in [2.24, 2.45) is 5.92 Å². The van der Waals surface area contributed by atoms with Gasteiger partial charge in [0, 0.05) is 13.1 Å². The van der Waals surface area contributed by atoms with Gasteiger partial charge in [0.25, 0.3) is 0 Å². The van der Waals surface area contributed by atoms with Gasteiger partial charge < -0.3 is 5.32 Å². The highest BCUT2D eigenvalue weighted by Gasteiger charge is 2.30. The topological polar surface area (TPSA) is 73.2 Å². The van der Waals surface area contributed by atoms with E-state index in [2.05, 4.69) is 5.32 Å². The van der Waals surface area contributed by atoms with Crippen LogP contribution in [0.4, 0.5) is 0 Å². The lowest BCUT2D eigenvalue weighted by molar-refractivity contribution is 0.270. The Morgan fingerprint density at radius 2 is 2.05 bits per heavy atom. The molecule has 0 saturated carbocycles. The zero-order valence-electron chi connectivity index (χ0n) is 12.3. The number of nitrogens with one attached hydrogen (secondary N) is 1. The Bertz CT molecular complexity index is 651. The molecule has 0 amide bonds. The highest BCUT2D eigenvalue weighted by atomic mass is 35.5. The van der Waals surface area contributed by atoms with E-state index in [0.29, 0.717) is 24.6 Å². The molecule has 0 bridgehead atoms. The van der Waals surface area contributed by atoms with Gasteiger partial charge in [0.15, 0.2) is 0 Å². The molecule has 122 valence electrons. The van der Waals surface area contributed by atoms with Crippen LogP contribution in [0.1, 0.15) is 18.4 Å². The van der Waals surface area contributed by atoms with E-state index in [1.807, 2.05) is 13.1 Å². The van der Waals surface area contributed by atoms with Crippen molar-refractivity contribution < 1.29 is 8.42 Å². The number of hydrogen-bond acceptors (Lipinski definition) is 4.